The van der Waals surface area contributed by atoms with Crippen LogP contribution in [0.1, 0.15) is 43.5 Å². The molecule has 0 aromatic heterocycles. The number of halogens is 3. The zero-order chi connectivity index (χ0) is 30.4. The number of alkyl halides is 3. The van der Waals surface area contributed by atoms with Crippen molar-refractivity contribution in [2.75, 3.05) is 33.2 Å². The van der Waals surface area contributed by atoms with Crippen molar-refractivity contribution in [1.29, 1.82) is 0 Å². The van der Waals surface area contributed by atoms with E-state index >= 15 is 0 Å². The maximum absolute atomic E-state index is 13.6. The molecule has 1 aromatic carbocycles. The molecule has 1 aliphatic carbocycles. The second kappa shape index (κ2) is 13.2. The molecule has 1 aromatic rings. The maximum Gasteiger partial charge on any atom is 0.394 e. The number of rotatable bonds is 11. The minimum atomic E-state index is -4.38. The highest BCUT2D eigenvalue weighted by atomic mass is 32.2. The number of allylic oxidation sites excluding steroid dienone is 4. The third-order valence-electron chi connectivity index (χ3n) is 7.24. The van der Waals surface area contributed by atoms with Gasteiger partial charge in [-0.1, -0.05) is 42.0 Å². The Labute approximate surface area is 239 Å². The van der Waals surface area contributed by atoms with Gasteiger partial charge in [-0.3, -0.25) is 9.79 Å². The third kappa shape index (κ3) is 8.43. The standard InChI is InChI=1S/C28H38F3N5O4S/c1-19(2)7-5-8-20(3)16-34-26(32-4)35-41(39,40)22-10-6-9-21(15-22)25(38)36(23-17-33-18-24(23)37)14-13-27(11-12-27)28(29,30)31/h5-10,15,23-24,33,37H,1,11-14,16-18H2,2-4H3,(H2,32,34,35)/b7-5-,20-8-/t23-,24-/m1/s1. The average Bonchev–Trinajstić information content (AvgIpc) is 3.60. The Morgan fingerprint density at radius 3 is 2.56 bits per heavy atom. The molecule has 1 saturated heterocycles. The van der Waals surface area contributed by atoms with Gasteiger partial charge >= 0.3 is 6.18 Å². The van der Waals surface area contributed by atoms with Gasteiger partial charge in [0.1, 0.15) is 0 Å². The van der Waals surface area contributed by atoms with E-state index in [0.29, 0.717) is 6.54 Å². The molecule has 4 N–H and O–H groups in total. The Morgan fingerprint density at radius 2 is 2.00 bits per heavy atom. The summed E-state index contributed by atoms with van der Waals surface area (Å²) in [4.78, 5) is 18.5. The molecule has 1 saturated carbocycles. The average molecular weight is 598 g/mol. The van der Waals surface area contributed by atoms with E-state index in [9.17, 15) is 31.5 Å². The molecule has 2 fully saturated rings. The number of nitrogens with zero attached hydrogens (tertiary/aromatic N) is 2. The lowest BCUT2D eigenvalue weighted by Crippen LogP contribution is -2.48. The molecule has 1 amide bonds. The van der Waals surface area contributed by atoms with Crippen molar-refractivity contribution >= 4 is 21.9 Å². The molecule has 0 bridgehead atoms. The summed E-state index contributed by atoms with van der Waals surface area (Å²) in [6.45, 7) is 8.00. The number of aliphatic hydroxyl groups excluding tert-OH is 1. The number of amides is 1. The second-order valence-corrected chi connectivity index (χ2v) is 12.3. The summed E-state index contributed by atoms with van der Waals surface area (Å²) in [5.74, 6) is -0.666. The van der Waals surface area contributed by atoms with Crippen molar-refractivity contribution in [2.24, 2.45) is 10.4 Å². The van der Waals surface area contributed by atoms with Crippen LogP contribution < -0.4 is 15.4 Å². The number of hydrogen-bond acceptors (Lipinski definition) is 6. The number of sulfonamides is 1. The smallest absolute Gasteiger partial charge is 0.390 e. The van der Waals surface area contributed by atoms with Gasteiger partial charge in [0.05, 0.1) is 22.5 Å². The van der Waals surface area contributed by atoms with Crippen LogP contribution in [0.2, 0.25) is 0 Å². The van der Waals surface area contributed by atoms with Gasteiger partial charge in [-0.2, -0.15) is 13.2 Å². The van der Waals surface area contributed by atoms with Crippen LogP contribution in [0.4, 0.5) is 13.2 Å². The van der Waals surface area contributed by atoms with Gasteiger partial charge in [-0.25, -0.2) is 13.1 Å². The molecular weight excluding hydrogens is 559 g/mol. The SMILES string of the molecule is C=C(C)/C=C\C=C(\C)CNC(=NC)NS(=O)(=O)c1cccc(C(=O)N(CCC2(C(F)(F)F)CC2)[C@@H]2CNC[C@H]2O)c1. The van der Waals surface area contributed by atoms with Gasteiger partial charge in [0, 0.05) is 38.8 Å². The molecule has 3 rings (SSSR count). The molecule has 0 spiro atoms. The lowest BCUT2D eigenvalue weighted by atomic mass is 10.00. The number of hydrogen-bond donors (Lipinski definition) is 4. The first-order valence-electron chi connectivity index (χ1n) is 13.3. The minimum absolute atomic E-state index is 0.000734. The van der Waals surface area contributed by atoms with Crippen LogP contribution in [0.15, 0.2) is 70.1 Å². The predicted molar refractivity (Wildman–Crippen MR) is 152 cm³/mol. The van der Waals surface area contributed by atoms with E-state index in [1.807, 2.05) is 32.1 Å². The molecule has 0 radical (unpaired) electrons. The van der Waals surface area contributed by atoms with Crippen molar-refractivity contribution in [3.63, 3.8) is 0 Å². The summed E-state index contributed by atoms with van der Waals surface area (Å²) < 4.78 is 69.4. The zero-order valence-corrected chi connectivity index (χ0v) is 24.3. The highest BCUT2D eigenvalue weighted by Crippen LogP contribution is 2.60. The van der Waals surface area contributed by atoms with Crippen molar-refractivity contribution in [3.8, 4) is 0 Å². The summed E-state index contributed by atoms with van der Waals surface area (Å²) in [6.07, 6.45) is -0.122. The van der Waals surface area contributed by atoms with Gasteiger partial charge in [-0.05, 0) is 51.3 Å². The summed E-state index contributed by atoms with van der Waals surface area (Å²) in [5, 5.41) is 16.3. The fraction of sp³-hybridized carbons (Fsp3) is 0.500. The van der Waals surface area contributed by atoms with E-state index in [-0.39, 0.29) is 55.3 Å². The normalized spacial score (nSPS) is 21.1. The summed E-state index contributed by atoms with van der Waals surface area (Å²) >= 11 is 0. The van der Waals surface area contributed by atoms with Crippen LogP contribution in [-0.2, 0) is 10.0 Å². The number of benzene rings is 1. The number of β-amino-alcohol motifs (C(OH)–C–C–N with tert-alkyl or cyclic N) is 1. The molecule has 2 atom stereocenters. The fourth-order valence-corrected chi connectivity index (χ4v) is 5.59. The summed E-state index contributed by atoms with van der Waals surface area (Å²) in [5.41, 5.74) is -0.0549. The molecule has 1 aliphatic heterocycles. The summed E-state index contributed by atoms with van der Waals surface area (Å²) in [7, 11) is -2.76. The van der Waals surface area contributed by atoms with Crippen molar-refractivity contribution in [1.82, 2.24) is 20.3 Å². The van der Waals surface area contributed by atoms with E-state index in [4.69, 9.17) is 0 Å². The molecule has 226 valence electrons. The van der Waals surface area contributed by atoms with Gasteiger partial charge < -0.3 is 20.6 Å². The number of carbonyl (C=O) groups is 1. The van der Waals surface area contributed by atoms with Crippen molar-refractivity contribution in [3.05, 3.63) is 65.8 Å². The van der Waals surface area contributed by atoms with E-state index < -0.39 is 39.7 Å². The van der Waals surface area contributed by atoms with Gasteiger partial charge in [0.15, 0.2) is 0 Å². The Balaban J connectivity index is 1.76. The number of aliphatic imine (C=N–C) groups is 1. The molecule has 41 heavy (non-hydrogen) atoms. The van der Waals surface area contributed by atoms with Gasteiger partial charge in [-0.15, -0.1) is 0 Å². The van der Waals surface area contributed by atoms with Gasteiger partial charge in [0.2, 0.25) is 5.96 Å². The molecule has 0 unspecified atom stereocenters. The minimum Gasteiger partial charge on any atom is -0.390 e. The monoisotopic (exact) mass is 597 g/mol. The Hall–Kier alpha value is -3.16. The number of carbonyl (C=O) groups excluding carboxylic acids is 1. The maximum atomic E-state index is 13.6. The van der Waals surface area contributed by atoms with E-state index in [0.717, 1.165) is 11.1 Å². The van der Waals surface area contributed by atoms with Crippen LogP contribution in [-0.4, -0.2) is 81.8 Å². The van der Waals surface area contributed by atoms with E-state index in [1.54, 1.807) is 0 Å². The van der Waals surface area contributed by atoms with Crippen LogP contribution in [0.3, 0.4) is 0 Å². The van der Waals surface area contributed by atoms with Crippen LogP contribution in [0.5, 0.6) is 0 Å². The Bertz CT molecular complexity index is 1320. The largest absolute Gasteiger partial charge is 0.394 e. The zero-order valence-electron chi connectivity index (χ0n) is 23.5. The lowest BCUT2D eigenvalue weighted by molar-refractivity contribution is -0.189. The molecule has 1 heterocycles. The van der Waals surface area contributed by atoms with Crippen molar-refractivity contribution in [2.45, 2.75) is 56.3 Å². The topological polar surface area (TPSA) is 123 Å². The van der Waals surface area contributed by atoms with Gasteiger partial charge in [0.25, 0.3) is 15.9 Å². The summed E-state index contributed by atoms with van der Waals surface area (Å²) in [6, 6.07) is 4.52. The second-order valence-electron chi connectivity index (χ2n) is 10.6. The first-order chi connectivity index (χ1) is 19.2. The van der Waals surface area contributed by atoms with Crippen LogP contribution in [0, 0.1) is 5.41 Å². The number of aliphatic hydroxyl groups is 1. The Morgan fingerprint density at radius 1 is 1.29 bits per heavy atom. The van der Waals surface area contributed by atoms with Crippen molar-refractivity contribution < 1.29 is 31.5 Å². The highest BCUT2D eigenvalue weighted by molar-refractivity contribution is 7.90. The highest BCUT2D eigenvalue weighted by Gasteiger charge is 2.62. The van der Waals surface area contributed by atoms with Crippen LogP contribution >= 0.6 is 0 Å². The number of nitrogens with one attached hydrogen (secondary N) is 3. The predicted octanol–water partition coefficient (Wildman–Crippen LogP) is 3.13. The third-order valence-corrected chi connectivity index (χ3v) is 8.58. The molecule has 2 aliphatic rings. The molecule has 9 nitrogen and oxygen atoms in total. The molecule has 13 heteroatoms. The molecular formula is C28H38F3N5O4S. The number of guanidine groups is 1. The lowest BCUT2D eigenvalue weighted by Gasteiger charge is -2.32. The first-order valence-corrected chi connectivity index (χ1v) is 14.8. The van der Waals surface area contributed by atoms with E-state index in [1.165, 1.54) is 36.2 Å². The Kier molecular flexibility index (Phi) is 10.4. The van der Waals surface area contributed by atoms with E-state index in [2.05, 4.69) is 26.9 Å². The first kappa shape index (κ1) is 32.4. The fourth-order valence-electron chi connectivity index (χ4n) is 4.52. The quantitative estimate of drug-likeness (QED) is 0.177. The van der Waals surface area contributed by atoms with Crippen LogP contribution in [0.25, 0.3) is 0 Å².